The van der Waals surface area contributed by atoms with Crippen molar-refractivity contribution in [3.05, 3.63) is 47.5 Å². The Morgan fingerprint density at radius 1 is 1.12 bits per heavy atom. The Balaban J connectivity index is 1.52. The molecule has 5 nitrogen and oxygen atoms in total. The minimum absolute atomic E-state index is 0.0736. The SMILES string of the molecule is Cc1cnc([C@H]2CCCN2C(=O)c2ccc(N3CCCC3)cc2)[nH]1. The van der Waals surface area contributed by atoms with Crippen LogP contribution in [0.15, 0.2) is 30.5 Å². The molecule has 4 rings (SSSR count). The Hall–Kier alpha value is -2.30. The van der Waals surface area contributed by atoms with E-state index >= 15 is 0 Å². The molecule has 2 aliphatic rings. The molecular formula is C19H24N4O. The van der Waals surface area contributed by atoms with Gasteiger partial charge in [0, 0.05) is 42.8 Å². The lowest BCUT2D eigenvalue weighted by atomic mass is 10.1. The van der Waals surface area contributed by atoms with E-state index in [1.54, 1.807) is 0 Å². The van der Waals surface area contributed by atoms with Crippen LogP contribution in [0.5, 0.6) is 0 Å². The predicted molar refractivity (Wildman–Crippen MR) is 94.2 cm³/mol. The summed E-state index contributed by atoms with van der Waals surface area (Å²) in [5.41, 5.74) is 3.04. The van der Waals surface area contributed by atoms with Crippen LogP contribution in [0.25, 0.3) is 0 Å². The van der Waals surface area contributed by atoms with E-state index < -0.39 is 0 Å². The first-order valence-corrected chi connectivity index (χ1v) is 8.90. The molecule has 3 heterocycles. The molecule has 0 unspecified atom stereocenters. The van der Waals surface area contributed by atoms with E-state index in [-0.39, 0.29) is 11.9 Å². The van der Waals surface area contributed by atoms with Gasteiger partial charge in [0.05, 0.1) is 6.04 Å². The molecule has 2 aliphatic heterocycles. The Morgan fingerprint density at radius 3 is 2.54 bits per heavy atom. The monoisotopic (exact) mass is 324 g/mol. The van der Waals surface area contributed by atoms with Crippen molar-refractivity contribution in [1.29, 1.82) is 0 Å². The fraction of sp³-hybridized carbons (Fsp3) is 0.474. The lowest BCUT2D eigenvalue weighted by Gasteiger charge is -2.24. The number of hydrogen-bond donors (Lipinski definition) is 1. The largest absolute Gasteiger partial charge is 0.372 e. The van der Waals surface area contributed by atoms with E-state index in [9.17, 15) is 4.79 Å². The van der Waals surface area contributed by atoms with Gasteiger partial charge in [0.25, 0.3) is 5.91 Å². The van der Waals surface area contributed by atoms with E-state index in [0.717, 1.165) is 49.6 Å². The molecular weight excluding hydrogens is 300 g/mol. The number of nitrogens with zero attached hydrogens (tertiary/aromatic N) is 3. The topological polar surface area (TPSA) is 52.2 Å². The van der Waals surface area contributed by atoms with Crippen molar-refractivity contribution >= 4 is 11.6 Å². The fourth-order valence-corrected chi connectivity index (χ4v) is 3.85. The van der Waals surface area contributed by atoms with Crippen LogP contribution in [0.2, 0.25) is 0 Å². The first-order valence-electron chi connectivity index (χ1n) is 8.90. The molecule has 0 saturated carbocycles. The van der Waals surface area contributed by atoms with Crippen molar-refractivity contribution in [2.45, 2.75) is 38.6 Å². The van der Waals surface area contributed by atoms with Crippen LogP contribution in [0, 0.1) is 6.92 Å². The van der Waals surface area contributed by atoms with Gasteiger partial charge in [-0.25, -0.2) is 4.98 Å². The predicted octanol–water partition coefficient (Wildman–Crippen LogP) is 3.30. The van der Waals surface area contributed by atoms with Crippen LogP contribution < -0.4 is 4.90 Å². The van der Waals surface area contributed by atoms with Crippen LogP contribution >= 0.6 is 0 Å². The van der Waals surface area contributed by atoms with Crippen molar-refractivity contribution in [2.75, 3.05) is 24.5 Å². The molecule has 0 bridgehead atoms. The molecule has 126 valence electrons. The summed E-state index contributed by atoms with van der Waals surface area (Å²) in [6, 6.07) is 8.18. The van der Waals surface area contributed by atoms with Crippen LogP contribution in [-0.2, 0) is 0 Å². The molecule has 24 heavy (non-hydrogen) atoms. The normalized spacial score (nSPS) is 20.8. The summed E-state index contributed by atoms with van der Waals surface area (Å²) in [6.07, 6.45) is 6.37. The van der Waals surface area contributed by atoms with Gasteiger partial charge in [-0.2, -0.15) is 0 Å². The zero-order chi connectivity index (χ0) is 16.5. The number of likely N-dealkylation sites (tertiary alicyclic amines) is 1. The number of benzene rings is 1. The van der Waals surface area contributed by atoms with Gasteiger partial charge in [0.15, 0.2) is 0 Å². The average Bonchev–Trinajstić information content (AvgIpc) is 3.35. The van der Waals surface area contributed by atoms with E-state index in [0.29, 0.717) is 0 Å². The number of rotatable bonds is 3. The first-order chi connectivity index (χ1) is 11.7. The zero-order valence-electron chi connectivity index (χ0n) is 14.2. The fourth-order valence-electron chi connectivity index (χ4n) is 3.85. The molecule has 1 N–H and O–H groups in total. The molecule has 1 aromatic carbocycles. The molecule has 1 atom stereocenters. The number of anilines is 1. The molecule has 2 aromatic rings. The molecule has 1 aromatic heterocycles. The maximum atomic E-state index is 12.9. The molecule has 2 saturated heterocycles. The van der Waals surface area contributed by atoms with Gasteiger partial charge in [-0.15, -0.1) is 0 Å². The van der Waals surface area contributed by atoms with Gasteiger partial charge in [0.1, 0.15) is 5.82 Å². The molecule has 0 aliphatic carbocycles. The van der Waals surface area contributed by atoms with Crippen molar-refractivity contribution < 1.29 is 4.79 Å². The van der Waals surface area contributed by atoms with Crippen molar-refractivity contribution in [1.82, 2.24) is 14.9 Å². The number of aromatic nitrogens is 2. The number of H-pyrrole nitrogens is 1. The van der Waals surface area contributed by atoms with E-state index in [4.69, 9.17) is 0 Å². The van der Waals surface area contributed by atoms with Crippen molar-refractivity contribution in [3.8, 4) is 0 Å². The van der Waals surface area contributed by atoms with E-state index in [1.165, 1.54) is 18.5 Å². The smallest absolute Gasteiger partial charge is 0.254 e. The minimum Gasteiger partial charge on any atom is -0.372 e. The number of carbonyl (C=O) groups is 1. The summed E-state index contributed by atoms with van der Waals surface area (Å²) in [6.45, 7) is 5.05. The molecule has 0 spiro atoms. The Bertz CT molecular complexity index is 715. The zero-order valence-corrected chi connectivity index (χ0v) is 14.2. The lowest BCUT2D eigenvalue weighted by molar-refractivity contribution is 0.0730. The second-order valence-corrected chi connectivity index (χ2v) is 6.85. The summed E-state index contributed by atoms with van der Waals surface area (Å²) in [7, 11) is 0. The third kappa shape index (κ3) is 2.79. The Morgan fingerprint density at radius 2 is 1.88 bits per heavy atom. The highest BCUT2D eigenvalue weighted by Gasteiger charge is 2.32. The number of hydrogen-bond acceptors (Lipinski definition) is 3. The summed E-state index contributed by atoms with van der Waals surface area (Å²) in [5, 5.41) is 0. The number of carbonyl (C=O) groups excluding carboxylic acids is 1. The standard InChI is InChI=1S/C19H24N4O/c1-14-13-20-18(21-14)17-5-4-12-23(17)19(24)15-6-8-16(9-7-15)22-10-2-3-11-22/h6-9,13,17H,2-5,10-12H2,1H3,(H,20,21)/t17-/m1/s1. The molecule has 2 fully saturated rings. The Kier molecular flexibility index (Phi) is 4.00. The van der Waals surface area contributed by atoms with Crippen molar-refractivity contribution in [2.24, 2.45) is 0 Å². The van der Waals surface area contributed by atoms with Gasteiger partial charge >= 0.3 is 0 Å². The summed E-state index contributed by atoms with van der Waals surface area (Å²) in [4.78, 5) is 25.0. The third-order valence-electron chi connectivity index (χ3n) is 5.14. The second-order valence-electron chi connectivity index (χ2n) is 6.85. The van der Waals surface area contributed by atoms with Crippen LogP contribution in [0.1, 0.15) is 53.6 Å². The molecule has 5 heteroatoms. The summed E-state index contributed by atoms with van der Waals surface area (Å²) in [5.74, 6) is 1.02. The number of amides is 1. The molecule has 0 radical (unpaired) electrons. The summed E-state index contributed by atoms with van der Waals surface area (Å²) >= 11 is 0. The highest BCUT2D eigenvalue weighted by Crippen LogP contribution is 2.32. The van der Waals surface area contributed by atoms with Gasteiger partial charge < -0.3 is 14.8 Å². The van der Waals surface area contributed by atoms with Crippen LogP contribution in [-0.4, -0.2) is 40.4 Å². The number of imidazole rings is 1. The maximum Gasteiger partial charge on any atom is 0.254 e. The van der Waals surface area contributed by atoms with Crippen molar-refractivity contribution in [3.63, 3.8) is 0 Å². The summed E-state index contributed by atoms with van der Waals surface area (Å²) < 4.78 is 0. The molecule has 1 amide bonds. The quantitative estimate of drug-likeness (QED) is 0.942. The van der Waals surface area contributed by atoms with Gasteiger partial charge in [-0.05, 0) is 56.9 Å². The van der Waals surface area contributed by atoms with Gasteiger partial charge in [-0.1, -0.05) is 0 Å². The highest BCUT2D eigenvalue weighted by molar-refractivity contribution is 5.95. The van der Waals surface area contributed by atoms with Gasteiger partial charge in [0.2, 0.25) is 0 Å². The van der Waals surface area contributed by atoms with Gasteiger partial charge in [-0.3, -0.25) is 4.79 Å². The second kappa shape index (κ2) is 6.30. The maximum absolute atomic E-state index is 12.9. The number of aryl methyl sites for hydroxylation is 1. The van der Waals surface area contributed by atoms with Crippen LogP contribution in [0.3, 0.4) is 0 Å². The first kappa shape index (κ1) is 15.2. The Labute approximate surface area is 142 Å². The number of nitrogens with one attached hydrogen (secondary N) is 1. The van der Waals surface area contributed by atoms with E-state index in [2.05, 4.69) is 27.0 Å². The van der Waals surface area contributed by atoms with Crippen LogP contribution in [0.4, 0.5) is 5.69 Å². The lowest BCUT2D eigenvalue weighted by Crippen LogP contribution is -2.31. The van der Waals surface area contributed by atoms with E-state index in [1.807, 2.05) is 30.2 Å². The average molecular weight is 324 g/mol. The minimum atomic E-state index is 0.0736. The highest BCUT2D eigenvalue weighted by atomic mass is 16.2. The number of aromatic amines is 1. The third-order valence-corrected chi connectivity index (χ3v) is 5.14.